The van der Waals surface area contributed by atoms with Crippen molar-refractivity contribution in [3.63, 3.8) is 0 Å². The van der Waals surface area contributed by atoms with Crippen molar-refractivity contribution >= 4 is 39.7 Å². The summed E-state index contributed by atoms with van der Waals surface area (Å²) < 4.78 is 1.78. The van der Waals surface area contributed by atoms with E-state index in [1.54, 1.807) is 4.52 Å². The first-order valence-electron chi connectivity index (χ1n) is 7.88. The molecular formula is C17H15N7OS. The Morgan fingerprint density at radius 3 is 2.62 bits per heavy atom. The second-order valence-electron chi connectivity index (χ2n) is 5.69. The Morgan fingerprint density at radius 2 is 1.92 bits per heavy atom. The fourth-order valence-corrected chi connectivity index (χ4v) is 3.27. The molecular weight excluding hydrogens is 350 g/mol. The third kappa shape index (κ3) is 3.24. The van der Waals surface area contributed by atoms with Crippen LogP contribution in [-0.2, 0) is 4.79 Å². The Labute approximate surface area is 152 Å². The molecule has 4 aromatic rings. The van der Waals surface area contributed by atoms with E-state index < -0.39 is 0 Å². The number of anilines is 3. The van der Waals surface area contributed by atoms with E-state index in [-0.39, 0.29) is 5.91 Å². The number of carbonyl (C=O) groups is 1. The highest BCUT2D eigenvalue weighted by Crippen LogP contribution is 2.27. The van der Waals surface area contributed by atoms with Crippen molar-refractivity contribution in [2.24, 2.45) is 0 Å². The Kier molecular flexibility index (Phi) is 4.05. The molecule has 0 fully saturated rings. The average Bonchev–Trinajstić information content (AvgIpc) is 3.17. The minimum Gasteiger partial charge on any atom is -0.326 e. The lowest BCUT2D eigenvalue weighted by molar-refractivity contribution is -0.114. The van der Waals surface area contributed by atoms with Gasteiger partial charge < -0.3 is 10.6 Å². The quantitative estimate of drug-likeness (QED) is 0.576. The smallest absolute Gasteiger partial charge is 0.249 e. The molecule has 1 amide bonds. The summed E-state index contributed by atoms with van der Waals surface area (Å²) in [6.45, 7) is 3.36. The normalized spacial score (nSPS) is 10.8. The topological polar surface area (TPSA) is 97.1 Å². The van der Waals surface area contributed by atoms with E-state index in [0.29, 0.717) is 11.8 Å². The molecule has 3 aromatic heterocycles. The monoisotopic (exact) mass is 365 g/mol. The lowest BCUT2D eigenvalue weighted by Gasteiger charge is -2.03. The molecule has 0 saturated heterocycles. The number of amides is 1. The standard InChI is InChI=1S/C17H15N7OS/c1-10-3-8-15(22-21-10)19-16-20-17-24(23-16)14(9-26-17)12-4-6-13(7-5-12)18-11(2)25/h3-9H,1-2H3,(H,18,25)(H,19,22,23). The van der Waals surface area contributed by atoms with Gasteiger partial charge >= 0.3 is 0 Å². The Balaban J connectivity index is 1.61. The molecule has 9 heteroatoms. The van der Waals surface area contributed by atoms with Crippen molar-refractivity contribution in [3.8, 4) is 11.3 Å². The van der Waals surface area contributed by atoms with Gasteiger partial charge in [0, 0.05) is 23.6 Å². The van der Waals surface area contributed by atoms with Crippen molar-refractivity contribution in [1.82, 2.24) is 24.8 Å². The molecule has 8 nitrogen and oxygen atoms in total. The van der Waals surface area contributed by atoms with Crippen LogP contribution in [0, 0.1) is 6.92 Å². The summed E-state index contributed by atoms with van der Waals surface area (Å²) in [5, 5.41) is 20.4. The molecule has 130 valence electrons. The van der Waals surface area contributed by atoms with Crippen LogP contribution in [0.15, 0.2) is 41.8 Å². The fraction of sp³-hybridized carbons (Fsp3) is 0.118. The zero-order valence-electron chi connectivity index (χ0n) is 14.1. The van der Waals surface area contributed by atoms with E-state index >= 15 is 0 Å². The summed E-state index contributed by atoms with van der Waals surface area (Å²) in [6, 6.07) is 11.3. The molecule has 1 aromatic carbocycles. The van der Waals surface area contributed by atoms with Crippen LogP contribution >= 0.6 is 11.3 Å². The van der Waals surface area contributed by atoms with Crippen molar-refractivity contribution < 1.29 is 4.79 Å². The molecule has 0 spiro atoms. The number of fused-ring (bicyclic) bond motifs is 1. The minimum absolute atomic E-state index is 0.0955. The van der Waals surface area contributed by atoms with Gasteiger partial charge in [-0.25, -0.2) is 4.52 Å². The summed E-state index contributed by atoms with van der Waals surface area (Å²) in [7, 11) is 0. The lowest BCUT2D eigenvalue weighted by atomic mass is 10.1. The van der Waals surface area contributed by atoms with Crippen LogP contribution in [0.1, 0.15) is 12.6 Å². The number of nitrogens with one attached hydrogen (secondary N) is 2. The molecule has 0 aliphatic heterocycles. The van der Waals surface area contributed by atoms with Crippen LogP contribution in [0.4, 0.5) is 17.5 Å². The number of rotatable bonds is 4. The van der Waals surface area contributed by atoms with Gasteiger partial charge in [0.15, 0.2) is 5.82 Å². The molecule has 0 aliphatic carbocycles. The van der Waals surface area contributed by atoms with Gasteiger partial charge in [0.05, 0.1) is 11.4 Å². The maximum atomic E-state index is 11.1. The van der Waals surface area contributed by atoms with Gasteiger partial charge in [-0.15, -0.1) is 21.5 Å². The van der Waals surface area contributed by atoms with Crippen LogP contribution < -0.4 is 10.6 Å². The highest BCUT2D eigenvalue weighted by molar-refractivity contribution is 7.15. The second-order valence-corrected chi connectivity index (χ2v) is 6.53. The molecule has 0 radical (unpaired) electrons. The zero-order valence-corrected chi connectivity index (χ0v) is 14.9. The van der Waals surface area contributed by atoms with Gasteiger partial charge in [-0.3, -0.25) is 4.79 Å². The van der Waals surface area contributed by atoms with Crippen molar-refractivity contribution in [2.75, 3.05) is 10.6 Å². The van der Waals surface area contributed by atoms with E-state index in [2.05, 4.69) is 30.9 Å². The minimum atomic E-state index is -0.0955. The molecule has 0 saturated carbocycles. The van der Waals surface area contributed by atoms with Gasteiger partial charge in [-0.05, 0) is 31.2 Å². The van der Waals surface area contributed by atoms with Gasteiger partial charge in [0.25, 0.3) is 0 Å². The van der Waals surface area contributed by atoms with E-state index in [1.807, 2.05) is 48.7 Å². The van der Waals surface area contributed by atoms with Crippen molar-refractivity contribution in [3.05, 3.63) is 47.5 Å². The number of hydrogen-bond donors (Lipinski definition) is 2. The van der Waals surface area contributed by atoms with Crippen LogP contribution in [0.2, 0.25) is 0 Å². The third-order valence-electron chi connectivity index (χ3n) is 3.62. The number of nitrogens with zero attached hydrogens (tertiary/aromatic N) is 5. The number of aromatic nitrogens is 5. The van der Waals surface area contributed by atoms with Gasteiger partial charge in [-0.1, -0.05) is 12.1 Å². The summed E-state index contributed by atoms with van der Waals surface area (Å²) >= 11 is 1.50. The van der Waals surface area contributed by atoms with Crippen molar-refractivity contribution in [1.29, 1.82) is 0 Å². The Morgan fingerprint density at radius 1 is 1.12 bits per heavy atom. The summed E-state index contributed by atoms with van der Waals surface area (Å²) in [6.07, 6.45) is 0. The average molecular weight is 365 g/mol. The molecule has 3 heterocycles. The summed E-state index contributed by atoms with van der Waals surface area (Å²) in [5.74, 6) is 0.961. The number of hydrogen-bond acceptors (Lipinski definition) is 7. The lowest BCUT2D eigenvalue weighted by Crippen LogP contribution is -2.05. The van der Waals surface area contributed by atoms with Gasteiger partial charge in [0.1, 0.15) is 0 Å². The molecule has 0 unspecified atom stereocenters. The summed E-state index contributed by atoms with van der Waals surface area (Å²) in [4.78, 5) is 16.4. The highest BCUT2D eigenvalue weighted by Gasteiger charge is 2.12. The first-order valence-corrected chi connectivity index (χ1v) is 8.76. The maximum absolute atomic E-state index is 11.1. The van der Waals surface area contributed by atoms with Crippen LogP contribution in [0.5, 0.6) is 0 Å². The first kappa shape index (κ1) is 16.2. The molecule has 0 atom stereocenters. The molecule has 2 N–H and O–H groups in total. The molecule has 0 bridgehead atoms. The number of carbonyl (C=O) groups excluding carboxylic acids is 1. The zero-order chi connectivity index (χ0) is 18.1. The van der Waals surface area contributed by atoms with E-state index in [4.69, 9.17) is 0 Å². The van der Waals surface area contributed by atoms with Crippen LogP contribution in [0.3, 0.4) is 0 Å². The second kappa shape index (κ2) is 6.52. The summed E-state index contributed by atoms with van der Waals surface area (Å²) in [5.41, 5.74) is 3.51. The third-order valence-corrected chi connectivity index (χ3v) is 4.44. The van der Waals surface area contributed by atoms with E-state index in [1.165, 1.54) is 18.3 Å². The molecule has 4 rings (SSSR count). The van der Waals surface area contributed by atoms with Crippen molar-refractivity contribution in [2.45, 2.75) is 13.8 Å². The number of thiazole rings is 1. The SMILES string of the molecule is CC(=O)Nc1ccc(-c2csc3nc(Nc4ccc(C)nn4)nn23)cc1. The molecule has 0 aliphatic rings. The van der Waals surface area contributed by atoms with Crippen LogP contribution in [0.25, 0.3) is 16.2 Å². The largest absolute Gasteiger partial charge is 0.326 e. The predicted octanol–water partition coefficient (Wildman–Crippen LogP) is 3.26. The predicted molar refractivity (Wildman–Crippen MR) is 101 cm³/mol. The Bertz CT molecular complexity index is 1070. The van der Waals surface area contributed by atoms with E-state index in [0.717, 1.165) is 27.6 Å². The Hall–Kier alpha value is -3.33. The number of benzene rings is 1. The van der Waals surface area contributed by atoms with Gasteiger partial charge in [-0.2, -0.15) is 10.1 Å². The molecule has 26 heavy (non-hydrogen) atoms. The maximum Gasteiger partial charge on any atom is 0.249 e. The van der Waals surface area contributed by atoms with Gasteiger partial charge in [0.2, 0.25) is 16.8 Å². The fourth-order valence-electron chi connectivity index (χ4n) is 2.44. The number of aryl methyl sites for hydroxylation is 1. The van der Waals surface area contributed by atoms with Crippen LogP contribution in [-0.4, -0.2) is 30.7 Å². The van der Waals surface area contributed by atoms with E-state index in [9.17, 15) is 4.79 Å². The first-order chi connectivity index (χ1) is 12.6. The highest BCUT2D eigenvalue weighted by atomic mass is 32.1.